The minimum atomic E-state index is -0.204. The molecule has 1 rings (SSSR count). The van der Waals surface area contributed by atoms with Crippen LogP contribution < -0.4 is 0 Å². The van der Waals surface area contributed by atoms with Crippen molar-refractivity contribution in [2.75, 3.05) is 20.7 Å². The van der Waals surface area contributed by atoms with Crippen molar-refractivity contribution < 1.29 is 13.9 Å². The van der Waals surface area contributed by atoms with Crippen LogP contribution in [0.3, 0.4) is 0 Å². The van der Waals surface area contributed by atoms with E-state index >= 15 is 0 Å². The summed E-state index contributed by atoms with van der Waals surface area (Å²) in [4.78, 5) is 13.1. The number of carbonyl (C=O) groups excluding carboxylic acids is 1. The van der Waals surface area contributed by atoms with Gasteiger partial charge in [0.15, 0.2) is 0 Å². The molecule has 100 valence electrons. The fourth-order valence-corrected chi connectivity index (χ4v) is 1.80. The number of hydrogen-bond donors (Lipinski definition) is 0. The third-order valence-electron chi connectivity index (χ3n) is 2.89. The first-order chi connectivity index (χ1) is 8.52. The molecule has 0 aliphatic heterocycles. The molecule has 0 aromatic heterocycles. The summed E-state index contributed by atoms with van der Waals surface area (Å²) in [6.45, 7) is 3.47. The summed E-state index contributed by atoms with van der Waals surface area (Å²) >= 11 is 0. The Morgan fingerprint density at radius 2 is 2.17 bits per heavy atom. The van der Waals surface area contributed by atoms with Gasteiger partial charge >= 0.3 is 5.97 Å². The quantitative estimate of drug-likeness (QED) is 0.730. The largest absolute Gasteiger partial charge is 0.469 e. The second-order valence-corrected chi connectivity index (χ2v) is 4.49. The highest BCUT2D eigenvalue weighted by Crippen LogP contribution is 2.12. The fourth-order valence-electron chi connectivity index (χ4n) is 1.80. The summed E-state index contributed by atoms with van der Waals surface area (Å²) in [5.41, 5.74) is 2.06. The molecule has 0 aliphatic carbocycles. The van der Waals surface area contributed by atoms with Gasteiger partial charge in [-0.3, -0.25) is 4.79 Å². The molecule has 0 aliphatic rings. The van der Waals surface area contributed by atoms with Crippen LogP contribution in [-0.2, 0) is 16.1 Å². The second kappa shape index (κ2) is 7.11. The van der Waals surface area contributed by atoms with Crippen LogP contribution in [0.1, 0.15) is 24.0 Å². The molecule has 0 unspecified atom stereocenters. The highest BCUT2D eigenvalue weighted by molar-refractivity contribution is 5.69. The molecule has 0 saturated carbocycles. The molecule has 0 atom stereocenters. The fraction of sp³-hybridized carbons (Fsp3) is 0.500. The number of ether oxygens (including phenoxy) is 1. The predicted molar refractivity (Wildman–Crippen MR) is 68.7 cm³/mol. The first kappa shape index (κ1) is 14.6. The van der Waals surface area contributed by atoms with Gasteiger partial charge in [-0.1, -0.05) is 6.07 Å². The maximum absolute atomic E-state index is 13.0. The van der Waals surface area contributed by atoms with E-state index in [1.165, 1.54) is 19.2 Å². The van der Waals surface area contributed by atoms with Gasteiger partial charge in [0.05, 0.1) is 7.11 Å². The van der Waals surface area contributed by atoms with Crippen molar-refractivity contribution in [2.24, 2.45) is 0 Å². The van der Waals surface area contributed by atoms with Crippen LogP contribution in [0.4, 0.5) is 4.39 Å². The Morgan fingerprint density at radius 1 is 1.44 bits per heavy atom. The maximum Gasteiger partial charge on any atom is 0.305 e. The van der Waals surface area contributed by atoms with E-state index < -0.39 is 0 Å². The zero-order valence-electron chi connectivity index (χ0n) is 11.2. The third kappa shape index (κ3) is 4.84. The smallest absolute Gasteiger partial charge is 0.305 e. The minimum Gasteiger partial charge on any atom is -0.469 e. The van der Waals surface area contributed by atoms with Crippen LogP contribution >= 0.6 is 0 Å². The molecular weight excluding hydrogens is 233 g/mol. The Morgan fingerprint density at radius 3 is 2.78 bits per heavy atom. The number of methoxy groups -OCH3 is 1. The second-order valence-electron chi connectivity index (χ2n) is 4.49. The molecule has 0 saturated heterocycles. The summed E-state index contributed by atoms with van der Waals surface area (Å²) in [6.07, 6.45) is 1.20. The van der Waals surface area contributed by atoms with Crippen molar-refractivity contribution >= 4 is 5.97 Å². The molecule has 0 heterocycles. The van der Waals surface area contributed by atoms with Crippen LogP contribution in [0.15, 0.2) is 18.2 Å². The lowest BCUT2D eigenvalue weighted by Gasteiger charge is -2.17. The summed E-state index contributed by atoms with van der Waals surface area (Å²) < 4.78 is 17.5. The summed E-state index contributed by atoms with van der Waals surface area (Å²) in [7, 11) is 3.38. The number of esters is 1. The van der Waals surface area contributed by atoms with Crippen LogP contribution in [0.5, 0.6) is 0 Å². The number of carbonyl (C=O) groups is 1. The molecule has 0 spiro atoms. The van der Waals surface area contributed by atoms with Gasteiger partial charge < -0.3 is 9.64 Å². The molecule has 0 N–H and O–H groups in total. The average molecular weight is 253 g/mol. The van der Waals surface area contributed by atoms with Crippen molar-refractivity contribution in [3.63, 3.8) is 0 Å². The van der Waals surface area contributed by atoms with E-state index in [0.717, 1.165) is 30.6 Å². The van der Waals surface area contributed by atoms with E-state index in [1.807, 2.05) is 20.0 Å². The number of rotatable bonds is 6. The van der Waals surface area contributed by atoms with Crippen molar-refractivity contribution in [3.8, 4) is 0 Å². The van der Waals surface area contributed by atoms with E-state index in [2.05, 4.69) is 9.64 Å². The molecular formula is C14H20FNO2. The molecule has 18 heavy (non-hydrogen) atoms. The number of benzene rings is 1. The number of halogens is 1. The van der Waals surface area contributed by atoms with Gasteiger partial charge in [-0.05, 0) is 50.2 Å². The van der Waals surface area contributed by atoms with E-state index in [0.29, 0.717) is 6.42 Å². The monoisotopic (exact) mass is 253 g/mol. The zero-order chi connectivity index (χ0) is 13.5. The molecule has 4 heteroatoms. The van der Waals surface area contributed by atoms with Gasteiger partial charge in [0.2, 0.25) is 0 Å². The van der Waals surface area contributed by atoms with Crippen LogP contribution in [0.2, 0.25) is 0 Å². The SMILES string of the molecule is COC(=O)CCCN(C)Cc1ccc(F)cc1C. The normalized spacial score (nSPS) is 10.7. The lowest BCUT2D eigenvalue weighted by atomic mass is 10.1. The van der Waals surface area contributed by atoms with Gasteiger partial charge in [0, 0.05) is 13.0 Å². The number of hydrogen-bond acceptors (Lipinski definition) is 3. The van der Waals surface area contributed by atoms with Crippen LogP contribution in [0.25, 0.3) is 0 Å². The van der Waals surface area contributed by atoms with Crippen molar-refractivity contribution in [1.82, 2.24) is 4.90 Å². The number of nitrogens with zero attached hydrogens (tertiary/aromatic N) is 1. The molecule has 1 aromatic rings. The van der Waals surface area contributed by atoms with Gasteiger partial charge in [0.1, 0.15) is 5.82 Å². The lowest BCUT2D eigenvalue weighted by molar-refractivity contribution is -0.140. The Balaban J connectivity index is 2.39. The van der Waals surface area contributed by atoms with Gasteiger partial charge in [0.25, 0.3) is 0 Å². The van der Waals surface area contributed by atoms with Crippen molar-refractivity contribution in [3.05, 3.63) is 35.1 Å². The first-order valence-electron chi connectivity index (χ1n) is 6.03. The van der Waals surface area contributed by atoms with Gasteiger partial charge in [-0.2, -0.15) is 0 Å². The zero-order valence-corrected chi connectivity index (χ0v) is 11.2. The summed E-state index contributed by atoms with van der Waals surface area (Å²) in [5.74, 6) is -0.383. The highest BCUT2D eigenvalue weighted by atomic mass is 19.1. The Bertz CT molecular complexity index is 407. The standard InChI is InChI=1S/C14H20FNO2/c1-11-9-13(15)7-6-12(11)10-16(2)8-4-5-14(17)18-3/h6-7,9H,4-5,8,10H2,1-3H3. The lowest BCUT2D eigenvalue weighted by Crippen LogP contribution is -2.20. The van der Waals surface area contributed by atoms with Crippen molar-refractivity contribution in [2.45, 2.75) is 26.3 Å². The van der Waals surface area contributed by atoms with E-state index in [4.69, 9.17) is 0 Å². The van der Waals surface area contributed by atoms with E-state index in [1.54, 1.807) is 0 Å². The maximum atomic E-state index is 13.0. The molecule has 0 bridgehead atoms. The Hall–Kier alpha value is -1.42. The van der Waals surface area contributed by atoms with Gasteiger partial charge in [-0.25, -0.2) is 4.39 Å². The minimum absolute atomic E-state index is 0.179. The van der Waals surface area contributed by atoms with Gasteiger partial charge in [-0.15, -0.1) is 0 Å². The highest BCUT2D eigenvalue weighted by Gasteiger charge is 2.06. The Kier molecular flexibility index (Phi) is 5.78. The third-order valence-corrected chi connectivity index (χ3v) is 2.89. The number of aryl methyl sites for hydroxylation is 1. The van der Waals surface area contributed by atoms with Crippen LogP contribution in [0, 0.1) is 12.7 Å². The Labute approximate surface area is 108 Å². The molecule has 0 fully saturated rings. The summed E-state index contributed by atoms with van der Waals surface area (Å²) in [5, 5.41) is 0. The first-order valence-corrected chi connectivity index (χ1v) is 6.03. The van der Waals surface area contributed by atoms with E-state index in [9.17, 15) is 9.18 Å². The van der Waals surface area contributed by atoms with Crippen molar-refractivity contribution in [1.29, 1.82) is 0 Å². The predicted octanol–water partition coefficient (Wildman–Crippen LogP) is 2.52. The topological polar surface area (TPSA) is 29.5 Å². The average Bonchev–Trinajstić information content (AvgIpc) is 2.32. The summed E-state index contributed by atoms with van der Waals surface area (Å²) in [6, 6.07) is 4.82. The molecule has 3 nitrogen and oxygen atoms in total. The van der Waals surface area contributed by atoms with E-state index in [-0.39, 0.29) is 11.8 Å². The molecule has 1 aromatic carbocycles. The van der Waals surface area contributed by atoms with Crippen LogP contribution in [-0.4, -0.2) is 31.6 Å². The molecule has 0 amide bonds. The molecule has 0 radical (unpaired) electrons.